The van der Waals surface area contributed by atoms with Crippen LogP contribution in [0.3, 0.4) is 0 Å². The second-order valence-corrected chi connectivity index (χ2v) is 4.73. The number of nitrogens with one attached hydrogen (secondary N) is 1. The molecule has 0 aliphatic rings. The molecule has 0 radical (unpaired) electrons. The van der Waals surface area contributed by atoms with E-state index >= 15 is 0 Å². The van der Waals surface area contributed by atoms with Gasteiger partial charge in [0.1, 0.15) is 5.75 Å². The first-order valence-electron chi connectivity index (χ1n) is 6.46. The largest absolute Gasteiger partial charge is 0.507 e. The minimum Gasteiger partial charge on any atom is -0.507 e. The fraction of sp³-hybridized carbons (Fsp3) is 0.188. The van der Waals surface area contributed by atoms with Crippen molar-refractivity contribution in [1.82, 2.24) is 5.32 Å². The van der Waals surface area contributed by atoms with Crippen molar-refractivity contribution in [3.8, 4) is 5.75 Å². The van der Waals surface area contributed by atoms with Crippen molar-refractivity contribution < 1.29 is 9.90 Å². The second kappa shape index (κ2) is 6.21. The summed E-state index contributed by atoms with van der Waals surface area (Å²) in [7, 11) is 0. The van der Waals surface area contributed by atoms with Crippen molar-refractivity contribution in [1.29, 1.82) is 0 Å². The number of phenolic OH excluding ortho intramolecular Hbond substituents is 1. The molecule has 0 fully saturated rings. The zero-order valence-corrected chi connectivity index (χ0v) is 11.4. The first kappa shape index (κ1) is 14.1. The number of benzene rings is 2. The number of phenols is 1. The lowest BCUT2D eigenvalue weighted by atomic mass is 10.1. The minimum absolute atomic E-state index is 0.0104. The van der Waals surface area contributed by atoms with Crippen molar-refractivity contribution in [2.75, 3.05) is 0 Å². The number of hydrogen-bond acceptors (Lipinski definition) is 3. The van der Waals surface area contributed by atoms with Crippen LogP contribution in [-0.4, -0.2) is 11.0 Å². The predicted molar refractivity (Wildman–Crippen MR) is 78.3 cm³/mol. The molecule has 0 spiro atoms. The maximum atomic E-state index is 12.0. The molecule has 0 saturated heterocycles. The van der Waals surface area contributed by atoms with Crippen LogP contribution in [-0.2, 0) is 13.1 Å². The summed E-state index contributed by atoms with van der Waals surface area (Å²) in [6.07, 6.45) is 0. The van der Waals surface area contributed by atoms with Crippen molar-refractivity contribution in [2.45, 2.75) is 20.0 Å². The van der Waals surface area contributed by atoms with Gasteiger partial charge in [0.25, 0.3) is 5.91 Å². The highest BCUT2D eigenvalue weighted by molar-refractivity contribution is 5.96. The third-order valence-electron chi connectivity index (χ3n) is 3.08. The van der Waals surface area contributed by atoms with Gasteiger partial charge in [0.15, 0.2) is 0 Å². The van der Waals surface area contributed by atoms with Crippen LogP contribution < -0.4 is 11.1 Å². The number of hydrogen-bond donors (Lipinski definition) is 3. The van der Waals surface area contributed by atoms with E-state index in [0.717, 1.165) is 16.7 Å². The van der Waals surface area contributed by atoms with Gasteiger partial charge in [0.05, 0.1) is 5.56 Å². The topological polar surface area (TPSA) is 75.3 Å². The summed E-state index contributed by atoms with van der Waals surface area (Å²) in [6.45, 7) is 2.75. The lowest BCUT2D eigenvalue weighted by Crippen LogP contribution is -2.23. The maximum Gasteiger partial charge on any atom is 0.255 e. The Hall–Kier alpha value is -2.33. The first-order chi connectivity index (χ1) is 9.60. The Morgan fingerprint density at radius 2 is 1.95 bits per heavy atom. The molecule has 0 aromatic heterocycles. The molecular weight excluding hydrogens is 252 g/mol. The average molecular weight is 270 g/mol. The van der Waals surface area contributed by atoms with Crippen LogP contribution in [0.4, 0.5) is 0 Å². The average Bonchev–Trinajstić information content (AvgIpc) is 2.47. The maximum absolute atomic E-state index is 12.0. The summed E-state index contributed by atoms with van der Waals surface area (Å²) in [5.41, 5.74) is 8.81. The minimum atomic E-state index is -0.288. The Morgan fingerprint density at radius 1 is 1.20 bits per heavy atom. The molecule has 0 heterocycles. The molecule has 2 rings (SSSR count). The van der Waals surface area contributed by atoms with Crippen LogP contribution in [0.5, 0.6) is 5.75 Å². The summed E-state index contributed by atoms with van der Waals surface area (Å²) < 4.78 is 0. The smallest absolute Gasteiger partial charge is 0.255 e. The number of nitrogens with two attached hydrogens (primary N) is 1. The van der Waals surface area contributed by atoms with Crippen LogP contribution in [0.25, 0.3) is 0 Å². The first-order valence-corrected chi connectivity index (χ1v) is 6.46. The van der Waals surface area contributed by atoms with E-state index in [1.165, 1.54) is 6.07 Å². The number of carbonyl (C=O) groups is 1. The quantitative estimate of drug-likeness (QED) is 0.796. The normalized spacial score (nSPS) is 10.3. The second-order valence-electron chi connectivity index (χ2n) is 4.73. The van der Waals surface area contributed by atoms with E-state index in [1.54, 1.807) is 12.1 Å². The van der Waals surface area contributed by atoms with Gasteiger partial charge < -0.3 is 16.2 Å². The molecule has 4 heteroatoms. The molecule has 104 valence electrons. The van der Waals surface area contributed by atoms with E-state index in [-0.39, 0.29) is 11.7 Å². The highest BCUT2D eigenvalue weighted by Crippen LogP contribution is 2.18. The Morgan fingerprint density at radius 3 is 2.70 bits per heavy atom. The molecule has 0 atom stereocenters. The number of rotatable bonds is 4. The molecule has 0 unspecified atom stereocenters. The summed E-state index contributed by atoms with van der Waals surface area (Å²) in [5, 5.41) is 12.5. The molecule has 4 nitrogen and oxygen atoms in total. The van der Waals surface area contributed by atoms with E-state index in [4.69, 9.17) is 5.73 Å². The van der Waals surface area contributed by atoms with Crippen LogP contribution in [0.1, 0.15) is 27.0 Å². The highest BCUT2D eigenvalue weighted by Gasteiger charge is 2.10. The lowest BCUT2D eigenvalue weighted by molar-refractivity contribution is 0.0948. The Kier molecular flexibility index (Phi) is 4.38. The zero-order chi connectivity index (χ0) is 14.5. The van der Waals surface area contributed by atoms with E-state index in [2.05, 4.69) is 5.32 Å². The molecule has 4 N–H and O–H groups in total. The summed E-state index contributed by atoms with van der Waals surface area (Å²) in [6, 6.07) is 12.7. The Balaban J connectivity index is 2.06. The van der Waals surface area contributed by atoms with Gasteiger partial charge in [-0.15, -0.1) is 0 Å². The van der Waals surface area contributed by atoms with Gasteiger partial charge in [0.2, 0.25) is 0 Å². The third kappa shape index (κ3) is 3.36. The van der Waals surface area contributed by atoms with E-state index in [9.17, 15) is 9.90 Å². The molecule has 1 amide bonds. The SMILES string of the molecule is Cc1ccc(O)c(C(=O)NCc2cccc(CN)c2)c1. The predicted octanol–water partition coefficient (Wildman–Crippen LogP) is 2.09. The fourth-order valence-electron chi connectivity index (χ4n) is 1.98. The Labute approximate surface area is 118 Å². The van der Waals surface area contributed by atoms with Gasteiger partial charge >= 0.3 is 0 Å². The van der Waals surface area contributed by atoms with Crippen molar-refractivity contribution in [2.24, 2.45) is 5.73 Å². The molecule has 2 aromatic rings. The molecule has 0 aliphatic heterocycles. The molecular formula is C16H18N2O2. The van der Waals surface area contributed by atoms with Crippen LogP contribution >= 0.6 is 0 Å². The zero-order valence-electron chi connectivity index (χ0n) is 11.4. The lowest BCUT2D eigenvalue weighted by Gasteiger charge is -2.08. The van der Waals surface area contributed by atoms with Gasteiger partial charge in [-0.3, -0.25) is 4.79 Å². The Bertz CT molecular complexity index is 624. The van der Waals surface area contributed by atoms with Gasteiger partial charge in [-0.25, -0.2) is 0 Å². The van der Waals surface area contributed by atoms with Crippen LogP contribution in [0, 0.1) is 6.92 Å². The van der Waals surface area contributed by atoms with Gasteiger partial charge in [-0.1, -0.05) is 35.9 Å². The third-order valence-corrected chi connectivity index (χ3v) is 3.08. The van der Waals surface area contributed by atoms with Crippen molar-refractivity contribution >= 4 is 5.91 Å². The van der Waals surface area contributed by atoms with Gasteiger partial charge in [-0.05, 0) is 30.2 Å². The van der Waals surface area contributed by atoms with E-state index in [0.29, 0.717) is 18.7 Å². The highest BCUT2D eigenvalue weighted by atomic mass is 16.3. The van der Waals surface area contributed by atoms with E-state index in [1.807, 2.05) is 31.2 Å². The summed E-state index contributed by atoms with van der Waals surface area (Å²) >= 11 is 0. The van der Waals surface area contributed by atoms with Gasteiger partial charge in [0, 0.05) is 13.1 Å². The monoisotopic (exact) mass is 270 g/mol. The van der Waals surface area contributed by atoms with Crippen molar-refractivity contribution in [3.05, 3.63) is 64.7 Å². The molecule has 0 saturated carbocycles. The van der Waals surface area contributed by atoms with Crippen LogP contribution in [0.2, 0.25) is 0 Å². The van der Waals surface area contributed by atoms with Crippen LogP contribution in [0.15, 0.2) is 42.5 Å². The number of amides is 1. The molecule has 20 heavy (non-hydrogen) atoms. The standard InChI is InChI=1S/C16H18N2O2/c1-11-5-6-15(19)14(7-11)16(20)18-10-13-4-2-3-12(8-13)9-17/h2-8,19H,9-10,17H2,1H3,(H,18,20). The van der Waals surface area contributed by atoms with Gasteiger partial charge in [-0.2, -0.15) is 0 Å². The molecule has 0 aliphatic carbocycles. The summed E-state index contributed by atoms with van der Waals surface area (Å²) in [5.74, 6) is -0.298. The fourth-order valence-corrected chi connectivity index (χ4v) is 1.98. The van der Waals surface area contributed by atoms with Crippen molar-refractivity contribution in [3.63, 3.8) is 0 Å². The number of carbonyl (C=O) groups excluding carboxylic acids is 1. The van der Waals surface area contributed by atoms with E-state index < -0.39 is 0 Å². The molecule has 0 bridgehead atoms. The molecule has 2 aromatic carbocycles. The number of aryl methyl sites for hydroxylation is 1. The number of aromatic hydroxyl groups is 1. The summed E-state index contributed by atoms with van der Waals surface area (Å²) in [4.78, 5) is 12.0.